The van der Waals surface area contributed by atoms with E-state index in [0.717, 1.165) is 0 Å². The minimum atomic E-state index is -4.93. The summed E-state index contributed by atoms with van der Waals surface area (Å²) in [5.41, 5.74) is 3.68. The quantitative estimate of drug-likeness (QED) is 0.0409. The van der Waals surface area contributed by atoms with Crippen LogP contribution in [0.4, 0.5) is 11.9 Å². The Morgan fingerprint density at radius 1 is 0.938 bits per heavy atom. The lowest BCUT2D eigenvalue weighted by Crippen LogP contribution is -2.34. The summed E-state index contributed by atoms with van der Waals surface area (Å²) in [4.78, 5) is 68.9. The van der Waals surface area contributed by atoms with E-state index in [1.165, 1.54) is 49.1 Å². The second-order valence-electron chi connectivity index (χ2n) is 15.0. The van der Waals surface area contributed by atoms with Gasteiger partial charge in [-0.25, -0.2) is 14.3 Å². The molecule has 8 rings (SSSR count). The largest absolute Gasteiger partial charge is 0.503 e. The number of esters is 1. The van der Waals surface area contributed by atoms with Crippen LogP contribution in [0.3, 0.4) is 0 Å². The van der Waals surface area contributed by atoms with Crippen LogP contribution in [0.1, 0.15) is 69.3 Å². The molecule has 0 bridgehead atoms. The highest BCUT2D eigenvalue weighted by atomic mass is 35.5. The molecule has 0 aliphatic carbocycles. The molecule has 11 N–H and O–H groups in total. The minimum absolute atomic E-state index is 0.0281. The maximum atomic E-state index is 13.6. The van der Waals surface area contributed by atoms with Gasteiger partial charge in [-0.1, -0.05) is 36.0 Å². The number of aliphatic hydroxyl groups is 2. The van der Waals surface area contributed by atoms with Crippen LogP contribution in [0.15, 0.2) is 35.1 Å². The van der Waals surface area contributed by atoms with E-state index in [9.17, 15) is 39.4 Å². The molecule has 3 aromatic carbocycles. The average molecular weight is 965 g/mol. The van der Waals surface area contributed by atoms with Crippen LogP contribution < -0.4 is 36.1 Å². The number of phenols is 2. The summed E-state index contributed by atoms with van der Waals surface area (Å²) in [6.45, 7) is -0.202. The highest BCUT2D eigenvalue weighted by Gasteiger charge is 2.56. The molecular weight excluding hydrogens is 924 g/mol. The van der Waals surface area contributed by atoms with E-state index in [1.54, 1.807) is 0 Å². The van der Waals surface area contributed by atoms with Crippen molar-refractivity contribution in [3.63, 3.8) is 0 Å². The Morgan fingerprint density at radius 2 is 1.57 bits per heavy atom. The van der Waals surface area contributed by atoms with Crippen molar-refractivity contribution in [2.24, 2.45) is 0 Å². The van der Waals surface area contributed by atoms with E-state index in [0.29, 0.717) is 32.2 Å². The number of fused-ring (bicyclic) bond motifs is 7. The van der Waals surface area contributed by atoms with Crippen molar-refractivity contribution in [2.45, 2.75) is 55.8 Å². The van der Waals surface area contributed by atoms with Gasteiger partial charge in [-0.2, -0.15) is 4.98 Å². The summed E-state index contributed by atoms with van der Waals surface area (Å²) in [6, 6.07) is 7.16. The van der Waals surface area contributed by atoms with E-state index in [2.05, 4.69) is 30.1 Å². The predicted octanol–water partition coefficient (Wildman–Crippen LogP) is 3.14. The van der Waals surface area contributed by atoms with Gasteiger partial charge in [0, 0.05) is 24.2 Å². The number of ether oxygens (including phenoxy) is 5. The molecule has 1 fully saturated rings. The maximum Gasteiger partial charge on any atom is 0.469 e. The zero-order valence-electron chi connectivity index (χ0n) is 34.0. The number of methoxy groups -OCH3 is 2. The van der Waals surface area contributed by atoms with E-state index >= 15 is 0 Å². The van der Waals surface area contributed by atoms with E-state index in [1.807, 2.05) is 0 Å². The number of phenolic OH excluding ortho intramolecular Hbond substituents is 2. The first kappa shape index (κ1) is 45.7. The molecule has 1 saturated heterocycles. The van der Waals surface area contributed by atoms with Gasteiger partial charge in [-0.05, 0) is 43.2 Å². The van der Waals surface area contributed by atoms with Gasteiger partial charge in [-0.3, -0.25) is 23.7 Å². The number of H-pyrrole nitrogens is 1. The number of amides is 1. The number of unbranched alkanes of at least 4 members (excludes halogenated alkanes) is 3. The van der Waals surface area contributed by atoms with E-state index in [4.69, 9.17) is 62.4 Å². The molecule has 26 heteroatoms. The molecule has 2 aromatic heterocycles. The van der Waals surface area contributed by atoms with Gasteiger partial charge in [0.15, 0.2) is 57.5 Å². The monoisotopic (exact) mass is 963 g/mol. The molecule has 0 radical (unpaired) electrons. The van der Waals surface area contributed by atoms with Gasteiger partial charge in [0.1, 0.15) is 28.4 Å². The number of phosphoric acid groups is 1. The molecule has 4 atom stereocenters. The number of nitrogens with two attached hydrogens (primary N) is 1. The molecule has 0 saturated carbocycles. The zero-order chi connectivity index (χ0) is 46.7. The van der Waals surface area contributed by atoms with E-state index < -0.39 is 73.5 Å². The number of nitrogens with one attached hydrogen (secondary N) is 3. The van der Waals surface area contributed by atoms with Crippen LogP contribution in [-0.4, -0.2) is 114 Å². The molecular formula is C39H40Cl2N7O16P. The minimum Gasteiger partial charge on any atom is -0.503 e. The Hall–Kier alpha value is -5.88. The number of hydrogen-bond donors (Lipinski definition) is 10. The number of aromatic nitrogens is 4. The molecule has 346 valence electrons. The first-order valence-electron chi connectivity index (χ1n) is 19.7. The van der Waals surface area contributed by atoms with Crippen LogP contribution in [0.2, 0.25) is 10.0 Å². The lowest BCUT2D eigenvalue weighted by molar-refractivity contribution is -0.0494. The number of rotatable bonds is 15. The number of hydrogen-bond acceptors (Lipinski definition) is 18. The number of halogens is 2. The molecule has 5 heterocycles. The molecule has 3 aliphatic rings. The summed E-state index contributed by atoms with van der Waals surface area (Å²) in [6.07, 6.45) is -3.65. The fraction of sp³-hybridized carbons (Fsp3) is 0.359. The summed E-state index contributed by atoms with van der Waals surface area (Å²) < 4.78 is 45.6. The zero-order valence-corrected chi connectivity index (χ0v) is 36.4. The molecule has 65 heavy (non-hydrogen) atoms. The number of phosphoric ester groups is 1. The van der Waals surface area contributed by atoms with Crippen molar-refractivity contribution in [3.05, 3.63) is 78.5 Å². The third kappa shape index (κ3) is 8.02. The third-order valence-corrected chi connectivity index (χ3v) is 12.3. The number of nitrogen functional groups attached to an aromatic ring is 1. The first-order valence-corrected chi connectivity index (χ1v) is 22.0. The fourth-order valence-electron chi connectivity index (χ4n) is 8.01. The number of benzene rings is 3. The van der Waals surface area contributed by atoms with Gasteiger partial charge in [0.25, 0.3) is 11.5 Å². The second-order valence-corrected chi connectivity index (χ2v) is 17.0. The molecule has 0 unspecified atom stereocenters. The number of nitrogens with zero attached hydrogens (tertiary/aromatic N) is 3. The summed E-state index contributed by atoms with van der Waals surface area (Å²) in [5.74, 6) is -2.86. The fourth-order valence-corrected chi connectivity index (χ4v) is 8.82. The molecule has 5 aromatic rings. The third-order valence-electron chi connectivity index (χ3n) is 11.1. The Balaban J connectivity index is 0.942. The second kappa shape index (κ2) is 17.5. The topological polar surface area (TPSA) is 342 Å². The number of aromatic hydroxyl groups is 2. The Morgan fingerprint density at radius 3 is 2.18 bits per heavy atom. The van der Waals surface area contributed by atoms with Gasteiger partial charge in [-0.15, -0.1) is 0 Å². The van der Waals surface area contributed by atoms with Gasteiger partial charge < -0.3 is 70.3 Å². The SMILES string of the molecule is COc1cc2c(c(Cl)c1O)Oc1c(cc(OC)c(O)c1Cl)C21OC(=O)c2ccc(C(=O)NCCCCCCNc3nc4c(=O)[nH]c(N)nc4n3[C@@H]3O[C@H](COP(=O)(O)O)[C@@H](O)[C@H]3O)cc21. The lowest BCUT2D eigenvalue weighted by Gasteiger charge is -2.37. The summed E-state index contributed by atoms with van der Waals surface area (Å²) in [5, 5.41) is 48.4. The standard InChI is InChI=1S/C39H40Cl2N7O16P/c1-59-20-12-18-30(23(40)26(20)49)63-31-19(13-21(60-2)27(50)24(31)41)39(18)17-11-15(7-8-16(17)36(55)64-39)33(53)43-9-5-3-4-6-10-44-38-45-25-32(46-37(42)47-34(25)54)48(38)35-29(52)28(51)22(62-35)14-61-65(56,57)58/h7-8,11-13,22,28-29,35,49-52H,3-6,9-10,14H2,1-2H3,(H,43,53)(H,44,45)(H2,56,57,58)(H3,42,46,47,54)/t22-,28-,29-,35-/m1/s1. The van der Waals surface area contributed by atoms with Gasteiger partial charge in [0.2, 0.25) is 11.9 Å². The van der Waals surface area contributed by atoms with Gasteiger partial charge >= 0.3 is 13.8 Å². The smallest absolute Gasteiger partial charge is 0.469 e. The van der Waals surface area contributed by atoms with E-state index in [-0.39, 0.29) is 90.5 Å². The first-order chi connectivity index (χ1) is 30.9. The highest BCUT2D eigenvalue weighted by molar-refractivity contribution is 7.46. The number of aromatic amines is 1. The Labute approximate surface area is 376 Å². The van der Waals surface area contributed by atoms with Crippen molar-refractivity contribution >= 4 is 66.0 Å². The van der Waals surface area contributed by atoms with Crippen molar-refractivity contribution in [2.75, 3.05) is 45.0 Å². The number of carbonyl (C=O) groups excluding carboxylic acids is 2. The van der Waals surface area contributed by atoms with Crippen LogP contribution in [-0.2, 0) is 24.2 Å². The highest BCUT2D eigenvalue weighted by Crippen LogP contribution is 2.63. The van der Waals surface area contributed by atoms with Gasteiger partial charge in [0.05, 0.1) is 37.5 Å². The Kier molecular flexibility index (Phi) is 12.3. The molecule has 1 spiro atoms. The van der Waals surface area contributed by atoms with Crippen LogP contribution in [0.5, 0.6) is 34.5 Å². The number of anilines is 2. The summed E-state index contributed by atoms with van der Waals surface area (Å²) in [7, 11) is -2.33. The number of aliphatic hydroxyl groups excluding tert-OH is 2. The Bertz CT molecular complexity index is 2790. The van der Waals surface area contributed by atoms with Crippen molar-refractivity contribution in [3.8, 4) is 34.5 Å². The normalized spacial score (nSPS) is 19.4. The maximum absolute atomic E-state index is 13.6. The molecule has 3 aliphatic heterocycles. The average Bonchev–Trinajstić information content (AvgIpc) is 3.88. The summed E-state index contributed by atoms with van der Waals surface area (Å²) >= 11 is 13.2. The van der Waals surface area contributed by atoms with Crippen molar-refractivity contribution in [1.82, 2.24) is 24.8 Å². The number of imidazole rings is 1. The molecule has 1 amide bonds. The van der Waals surface area contributed by atoms with Crippen LogP contribution >= 0.6 is 31.0 Å². The van der Waals surface area contributed by atoms with Crippen LogP contribution in [0.25, 0.3) is 11.2 Å². The number of carbonyl (C=O) groups is 2. The lowest BCUT2D eigenvalue weighted by atomic mass is 9.77. The predicted molar refractivity (Wildman–Crippen MR) is 227 cm³/mol. The van der Waals surface area contributed by atoms with Crippen LogP contribution in [0, 0.1) is 0 Å². The van der Waals surface area contributed by atoms with Crippen molar-refractivity contribution in [1.29, 1.82) is 0 Å². The van der Waals surface area contributed by atoms with Crippen molar-refractivity contribution < 1.29 is 72.6 Å². The molecule has 23 nitrogen and oxygen atoms in total.